The molecule has 2 nitrogen and oxygen atoms in total. The van der Waals surface area contributed by atoms with E-state index in [-0.39, 0.29) is 11.5 Å². The fourth-order valence-electron chi connectivity index (χ4n) is 2.90. The highest BCUT2D eigenvalue weighted by Crippen LogP contribution is 2.42. The first-order chi connectivity index (χ1) is 10.2. The summed E-state index contributed by atoms with van der Waals surface area (Å²) in [6.07, 6.45) is 11.2. The van der Waals surface area contributed by atoms with E-state index in [1.165, 1.54) is 12.8 Å². The fourth-order valence-corrected chi connectivity index (χ4v) is 2.90. The summed E-state index contributed by atoms with van der Waals surface area (Å²) in [5.41, 5.74) is 0.447. The van der Waals surface area contributed by atoms with Gasteiger partial charge in [-0.3, -0.25) is 0 Å². The number of methoxy groups -OCH3 is 1. The van der Waals surface area contributed by atoms with Crippen LogP contribution in [0.3, 0.4) is 0 Å². The molecule has 0 aromatic rings. The summed E-state index contributed by atoms with van der Waals surface area (Å²) in [6, 6.07) is 0. The summed E-state index contributed by atoms with van der Waals surface area (Å²) >= 11 is 0. The second-order valence-electron chi connectivity index (χ2n) is 7.53. The van der Waals surface area contributed by atoms with Crippen LogP contribution in [0.15, 0.2) is 24.8 Å². The van der Waals surface area contributed by atoms with Crippen molar-refractivity contribution in [3.8, 4) is 0 Å². The molecule has 0 heterocycles. The quantitative estimate of drug-likeness (QED) is 0.326. The molecule has 0 spiro atoms. The van der Waals surface area contributed by atoms with Crippen LogP contribution in [0, 0.1) is 16.7 Å². The average Bonchev–Trinajstić information content (AvgIpc) is 2.48. The van der Waals surface area contributed by atoms with Gasteiger partial charge in [-0.15, -0.1) is 6.58 Å². The third-order valence-corrected chi connectivity index (χ3v) is 5.25. The van der Waals surface area contributed by atoms with Crippen molar-refractivity contribution in [1.82, 2.24) is 0 Å². The molecular weight excluding hydrogens is 272 g/mol. The molecule has 2 heteroatoms. The van der Waals surface area contributed by atoms with Gasteiger partial charge in [0, 0.05) is 7.11 Å². The molecule has 130 valence electrons. The predicted molar refractivity (Wildman–Crippen MR) is 97.0 cm³/mol. The molecule has 0 aromatic carbocycles. The van der Waals surface area contributed by atoms with Crippen LogP contribution < -0.4 is 0 Å². The molecule has 0 aliphatic heterocycles. The van der Waals surface area contributed by atoms with Gasteiger partial charge < -0.3 is 9.47 Å². The van der Waals surface area contributed by atoms with Crippen molar-refractivity contribution in [2.24, 2.45) is 16.7 Å². The smallest absolute Gasteiger partial charge is 0.146 e. The summed E-state index contributed by atoms with van der Waals surface area (Å²) in [5, 5.41) is 0. The maximum Gasteiger partial charge on any atom is 0.146 e. The monoisotopic (exact) mass is 310 g/mol. The average molecular weight is 311 g/mol. The van der Waals surface area contributed by atoms with Gasteiger partial charge in [0.15, 0.2) is 0 Å². The standard InChI is InChI=1S/C20H38O2/c1-9-11-13-19(5,6)14-15-20(7,17(3)12-10-2)18(4)22-16-21-8/h9-10,12,17-18H,1,11,13-16H2,2-8H3/b12-10-. The van der Waals surface area contributed by atoms with Crippen molar-refractivity contribution in [3.63, 3.8) is 0 Å². The Bertz CT molecular complexity index is 333. The van der Waals surface area contributed by atoms with Gasteiger partial charge >= 0.3 is 0 Å². The summed E-state index contributed by atoms with van der Waals surface area (Å²) in [7, 11) is 1.68. The van der Waals surface area contributed by atoms with E-state index in [9.17, 15) is 0 Å². The van der Waals surface area contributed by atoms with E-state index in [2.05, 4.69) is 60.3 Å². The van der Waals surface area contributed by atoms with Crippen molar-refractivity contribution in [2.75, 3.05) is 13.9 Å². The molecular formula is C20H38O2. The number of allylic oxidation sites excluding steroid dienone is 3. The minimum atomic E-state index is 0.108. The lowest BCUT2D eigenvalue weighted by Crippen LogP contribution is -2.39. The van der Waals surface area contributed by atoms with Crippen LogP contribution in [0.25, 0.3) is 0 Å². The molecule has 0 bridgehead atoms. The molecule has 0 saturated carbocycles. The van der Waals surface area contributed by atoms with E-state index in [4.69, 9.17) is 9.47 Å². The maximum atomic E-state index is 5.90. The Labute approximate surface area is 139 Å². The van der Waals surface area contributed by atoms with E-state index < -0.39 is 0 Å². The first kappa shape index (κ1) is 21.4. The van der Waals surface area contributed by atoms with Crippen molar-refractivity contribution in [2.45, 2.75) is 73.3 Å². The largest absolute Gasteiger partial charge is 0.359 e. The maximum absolute atomic E-state index is 5.90. The normalized spacial score (nSPS) is 18.1. The molecule has 0 radical (unpaired) electrons. The molecule has 22 heavy (non-hydrogen) atoms. The molecule has 0 rings (SSSR count). The predicted octanol–water partition coefficient (Wildman–Crippen LogP) is 5.99. The Balaban J connectivity index is 4.96. The van der Waals surface area contributed by atoms with E-state index >= 15 is 0 Å². The van der Waals surface area contributed by atoms with E-state index in [1.54, 1.807) is 7.11 Å². The van der Waals surface area contributed by atoms with E-state index in [0.717, 1.165) is 12.8 Å². The fraction of sp³-hybridized carbons (Fsp3) is 0.800. The lowest BCUT2D eigenvalue weighted by Gasteiger charge is -2.41. The SMILES string of the molecule is C=CCCC(C)(C)CCC(C)(C(C)/C=C\C)C(C)OCOC. The third kappa shape index (κ3) is 7.11. The Morgan fingerprint density at radius 2 is 1.73 bits per heavy atom. The Hall–Kier alpha value is -0.600. The zero-order valence-corrected chi connectivity index (χ0v) is 15.9. The molecule has 0 aliphatic rings. The van der Waals surface area contributed by atoms with Gasteiger partial charge in [-0.1, -0.05) is 45.9 Å². The van der Waals surface area contributed by atoms with Crippen LogP contribution in [0.4, 0.5) is 0 Å². The molecule has 0 aliphatic carbocycles. The van der Waals surface area contributed by atoms with Gasteiger partial charge in [0.1, 0.15) is 6.79 Å². The molecule has 3 atom stereocenters. The molecule has 0 fully saturated rings. The van der Waals surface area contributed by atoms with Crippen LogP contribution in [0.1, 0.15) is 67.2 Å². The summed E-state index contributed by atoms with van der Waals surface area (Å²) < 4.78 is 11.0. The number of hydrogen-bond acceptors (Lipinski definition) is 2. The van der Waals surface area contributed by atoms with Gasteiger partial charge in [-0.05, 0) is 56.3 Å². The van der Waals surface area contributed by atoms with Gasteiger partial charge in [-0.25, -0.2) is 0 Å². The van der Waals surface area contributed by atoms with Crippen LogP contribution in [0.2, 0.25) is 0 Å². The summed E-state index contributed by atoms with van der Waals surface area (Å²) in [4.78, 5) is 0. The van der Waals surface area contributed by atoms with E-state index in [1.807, 2.05) is 6.08 Å². The Kier molecular flexibility index (Phi) is 9.95. The second-order valence-corrected chi connectivity index (χ2v) is 7.53. The molecule has 0 aromatic heterocycles. The van der Waals surface area contributed by atoms with Crippen molar-refractivity contribution < 1.29 is 9.47 Å². The van der Waals surface area contributed by atoms with Gasteiger partial charge in [0.2, 0.25) is 0 Å². The Morgan fingerprint density at radius 1 is 1.09 bits per heavy atom. The van der Waals surface area contributed by atoms with Crippen molar-refractivity contribution >= 4 is 0 Å². The van der Waals surface area contributed by atoms with Gasteiger partial charge in [-0.2, -0.15) is 0 Å². The van der Waals surface area contributed by atoms with Crippen LogP contribution in [0.5, 0.6) is 0 Å². The second kappa shape index (κ2) is 10.2. The minimum Gasteiger partial charge on any atom is -0.359 e. The molecule has 0 saturated heterocycles. The van der Waals surface area contributed by atoms with Crippen molar-refractivity contribution in [3.05, 3.63) is 24.8 Å². The van der Waals surface area contributed by atoms with Gasteiger partial charge in [0.05, 0.1) is 6.10 Å². The zero-order valence-electron chi connectivity index (χ0n) is 15.9. The third-order valence-electron chi connectivity index (χ3n) is 5.25. The minimum absolute atomic E-state index is 0.108. The molecule has 0 N–H and O–H groups in total. The Morgan fingerprint density at radius 3 is 2.23 bits per heavy atom. The highest BCUT2D eigenvalue weighted by Gasteiger charge is 2.37. The summed E-state index contributed by atoms with van der Waals surface area (Å²) in [5.74, 6) is 0.472. The number of hydrogen-bond donors (Lipinski definition) is 0. The van der Waals surface area contributed by atoms with Crippen LogP contribution in [-0.4, -0.2) is 20.0 Å². The number of rotatable bonds is 12. The van der Waals surface area contributed by atoms with Crippen LogP contribution in [-0.2, 0) is 9.47 Å². The number of ether oxygens (including phenoxy) is 2. The summed E-state index contributed by atoms with van der Waals surface area (Å²) in [6.45, 7) is 17.8. The zero-order chi connectivity index (χ0) is 17.2. The lowest BCUT2D eigenvalue weighted by molar-refractivity contribution is -0.120. The first-order valence-electron chi connectivity index (χ1n) is 8.57. The highest BCUT2D eigenvalue weighted by atomic mass is 16.7. The topological polar surface area (TPSA) is 18.5 Å². The van der Waals surface area contributed by atoms with Gasteiger partial charge in [0.25, 0.3) is 0 Å². The molecule has 0 amide bonds. The van der Waals surface area contributed by atoms with E-state index in [0.29, 0.717) is 18.1 Å². The first-order valence-corrected chi connectivity index (χ1v) is 8.57. The highest BCUT2D eigenvalue weighted by molar-refractivity contribution is 4.97. The van der Waals surface area contributed by atoms with Crippen molar-refractivity contribution in [1.29, 1.82) is 0 Å². The lowest BCUT2D eigenvalue weighted by atomic mass is 9.67. The van der Waals surface area contributed by atoms with Crippen LogP contribution >= 0.6 is 0 Å². The molecule has 3 unspecified atom stereocenters.